The zero-order chi connectivity index (χ0) is 10.6. The Kier molecular flexibility index (Phi) is 4.97. The minimum Gasteiger partial charge on any atom is -0.462 e. The van der Waals surface area contributed by atoms with Crippen molar-refractivity contribution in [3.05, 3.63) is 0 Å². The highest BCUT2D eigenvalue weighted by molar-refractivity contribution is 7.87. The lowest BCUT2D eigenvalue weighted by Crippen LogP contribution is -2.33. The number of hydrogen-bond donors (Lipinski definition) is 1. The average Bonchev–Trinajstić information content (AvgIpc) is 1.81. The van der Waals surface area contributed by atoms with Gasteiger partial charge in [-0.15, -0.1) is 0 Å². The van der Waals surface area contributed by atoms with Crippen molar-refractivity contribution in [1.29, 1.82) is 0 Å². The number of carbonyl (C=O) groups is 1. The fourth-order valence-electron chi connectivity index (χ4n) is 0.733. The number of rotatable bonds is 4. The number of halogens is 1. The van der Waals surface area contributed by atoms with E-state index in [2.05, 4.69) is 5.09 Å². The molecule has 13 heavy (non-hydrogen) atoms. The molecule has 0 amide bonds. The molecule has 0 aliphatic rings. The summed E-state index contributed by atoms with van der Waals surface area (Å²) < 4.78 is 15.9. The van der Waals surface area contributed by atoms with Crippen LogP contribution in [0.5, 0.6) is 0 Å². The van der Waals surface area contributed by atoms with Gasteiger partial charge in [-0.3, -0.25) is 9.36 Å². The van der Waals surface area contributed by atoms with Crippen LogP contribution in [0.2, 0.25) is 0 Å². The highest BCUT2D eigenvalue weighted by atomic mass is 35.7. The summed E-state index contributed by atoms with van der Waals surface area (Å²) in [4.78, 5) is 11.2. The molecule has 78 valence electrons. The molecule has 0 aromatic rings. The minimum atomic E-state index is -2.90. The van der Waals surface area contributed by atoms with E-state index in [1.807, 2.05) is 0 Å². The van der Waals surface area contributed by atoms with Crippen LogP contribution in [0, 0.1) is 0 Å². The molecule has 0 radical (unpaired) electrons. The average molecular weight is 228 g/mol. The molecule has 0 aromatic carbocycles. The predicted molar refractivity (Wildman–Crippen MR) is 53.2 cm³/mol. The monoisotopic (exact) mass is 227 g/mol. The van der Waals surface area contributed by atoms with Crippen molar-refractivity contribution in [2.45, 2.75) is 32.9 Å². The third kappa shape index (κ3) is 7.05. The Balaban J connectivity index is 4.05. The van der Waals surface area contributed by atoms with Crippen LogP contribution in [0.15, 0.2) is 0 Å². The first-order valence-electron chi connectivity index (χ1n) is 3.98. The van der Waals surface area contributed by atoms with E-state index in [-0.39, 0.29) is 6.10 Å². The third-order valence-corrected chi connectivity index (χ3v) is 2.27. The van der Waals surface area contributed by atoms with Crippen LogP contribution in [-0.4, -0.2) is 24.8 Å². The molecule has 1 unspecified atom stereocenters. The van der Waals surface area contributed by atoms with Crippen molar-refractivity contribution < 1.29 is 14.1 Å². The standard InChI is InChI=1S/C7H15ClNO3P/c1-5(2)12-7(10)6(3)9-13(4,8)11/h5-6H,1-4H3,(H,9,11)/t6-,13?/m1/s1. The molecule has 6 heteroatoms. The summed E-state index contributed by atoms with van der Waals surface area (Å²) in [6.45, 7) is 3.50. The Morgan fingerprint density at radius 3 is 2.23 bits per heavy atom. The Morgan fingerprint density at radius 2 is 1.92 bits per heavy atom. The van der Waals surface area contributed by atoms with Gasteiger partial charge in [0.05, 0.1) is 6.10 Å². The van der Waals surface area contributed by atoms with Crippen molar-refractivity contribution in [3.8, 4) is 0 Å². The molecule has 0 rings (SSSR count). The first kappa shape index (κ1) is 12.9. The van der Waals surface area contributed by atoms with Crippen LogP contribution in [0.3, 0.4) is 0 Å². The van der Waals surface area contributed by atoms with Gasteiger partial charge in [0.25, 0.3) is 0 Å². The molecule has 0 heterocycles. The van der Waals surface area contributed by atoms with Crippen molar-refractivity contribution in [2.75, 3.05) is 6.66 Å². The zero-order valence-electron chi connectivity index (χ0n) is 8.20. The van der Waals surface area contributed by atoms with Gasteiger partial charge in [0, 0.05) is 6.66 Å². The van der Waals surface area contributed by atoms with Crippen molar-refractivity contribution >= 4 is 23.9 Å². The van der Waals surface area contributed by atoms with Crippen LogP contribution in [0.4, 0.5) is 0 Å². The van der Waals surface area contributed by atoms with Gasteiger partial charge in [0.15, 0.2) is 0 Å². The van der Waals surface area contributed by atoms with Crippen molar-refractivity contribution in [3.63, 3.8) is 0 Å². The summed E-state index contributed by atoms with van der Waals surface area (Å²) in [6, 6.07) is -0.643. The maximum atomic E-state index is 11.2. The molecule has 0 bridgehead atoms. The van der Waals surface area contributed by atoms with Gasteiger partial charge in [-0.05, 0) is 32.0 Å². The molecule has 0 aliphatic heterocycles. The van der Waals surface area contributed by atoms with E-state index in [0.29, 0.717) is 0 Å². The fourth-order valence-corrected chi connectivity index (χ4v) is 1.97. The van der Waals surface area contributed by atoms with Gasteiger partial charge in [0.1, 0.15) is 6.04 Å². The van der Waals surface area contributed by atoms with Gasteiger partial charge >= 0.3 is 5.97 Å². The summed E-state index contributed by atoms with van der Waals surface area (Å²) in [6.07, 6.45) is -0.177. The third-order valence-electron chi connectivity index (χ3n) is 1.13. The van der Waals surface area contributed by atoms with Gasteiger partial charge in [-0.25, -0.2) is 5.09 Å². The van der Waals surface area contributed by atoms with E-state index in [9.17, 15) is 9.36 Å². The lowest BCUT2D eigenvalue weighted by molar-refractivity contribution is -0.148. The van der Waals surface area contributed by atoms with E-state index in [1.54, 1.807) is 20.8 Å². The molecule has 0 saturated carbocycles. The molecule has 2 atom stereocenters. The molecule has 0 aromatic heterocycles. The molecular formula is C7H15ClNO3P. The largest absolute Gasteiger partial charge is 0.462 e. The van der Waals surface area contributed by atoms with Crippen molar-refractivity contribution in [2.24, 2.45) is 0 Å². The van der Waals surface area contributed by atoms with E-state index in [1.165, 1.54) is 6.66 Å². The second kappa shape index (κ2) is 4.99. The Bertz CT molecular complexity index is 226. The lowest BCUT2D eigenvalue weighted by atomic mass is 10.4. The predicted octanol–water partition coefficient (Wildman–Crippen LogP) is 1.98. The molecular weight excluding hydrogens is 213 g/mol. The number of nitrogens with one attached hydrogen (secondary N) is 1. The van der Waals surface area contributed by atoms with E-state index in [4.69, 9.17) is 16.0 Å². The first-order chi connectivity index (χ1) is 5.72. The maximum absolute atomic E-state index is 11.2. The minimum absolute atomic E-state index is 0.177. The van der Waals surface area contributed by atoms with Gasteiger partial charge in [-0.1, -0.05) is 0 Å². The Hall–Kier alpha value is -0.0500. The quantitative estimate of drug-likeness (QED) is 0.589. The fraction of sp³-hybridized carbons (Fsp3) is 0.857. The van der Waals surface area contributed by atoms with Crippen LogP contribution >= 0.6 is 17.9 Å². The summed E-state index contributed by atoms with van der Waals surface area (Å²) >= 11 is 5.45. The van der Waals surface area contributed by atoms with Crippen molar-refractivity contribution in [1.82, 2.24) is 5.09 Å². The second-order valence-corrected chi connectivity index (χ2v) is 6.99. The Labute approximate surface area is 83.2 Å². The molecule has 0 saturated heterocycles. The normalized spacial score (nSPS) is 18.0. The highest BCUT2D eigenvalue weighted by Gasteiger charge is 2.21. The number of hydrogen-bond acceptors (Lipinski definition) is 3. The van der Waals surface area contributed by atoms with Crippen LogP contribution < -0.4 is 5.09 Å². The second-order valence-electron chi connectivity index (χ2n) is 3.16. The SMILES string of the molecule is CC(C)OC(=O)[C@@H](C)NP(C)(=O)Cl. The Morgan fingerprint density at radius 1 is 1.46 bits per heavy atom. The number of ether oxygens (including phenoxy) is 1. The van der Waals surface area contributed by atoms with E-state index >= 15 is 0 Å². The summed E-state index contributed by atoms with van der Waals surface area (Å²) in [5.41, 5.74) is 0. The van der Waals surface area contributed by atoms with Gasteiger partial charge in [0.2, 0.25) is 6.65 Å². The topological polar surface area (TPSA) is 55.4 Å². The molecule has 0 aliphatic carbocycles. The molecule has 0 fully saturated rings. The maximum Gasteiger partial charge on any atom is 0.323 e. The van der Waals surface area contributed by atoms with Gasteiger partial charge in [-0.2, -0.15) is 0 Å². The summed E-state index contributed by atoms with van der Waals surface area (Å²) in [5.74, 6) is -0.447. The summed E-state index contributed by atoms with van der Waals surface area (Å²) in [7, 11) is 0. The van der Waals surface area contributed by atoms with E-state index < -0.39 is 18.7 Å². The van der Waals surface area contributed by atoms with Crippen LogP contribution in [0.25, 0.3) is 0 Å². The molecule has 0 spiro atoms. The molecule has 1 N–H and O–H groups in total. The van der Waals surface area contributed by atoms with Gasteiger partial charge < -0.3 is 4.74 Å². The zero-order valence-corrected chi connectivity index (χ0v) is 9.85. The number of carbonyl (C=O) groups excluding carboxylic acids is 1. The lowest BCUT2D eigenvalue weighted by Gasteiger charge is -2.16. The summed E-state index contributed by atoms with van der Waals surface area (Å²) in [5, 5.41) is 2.47. The van der Waals surface area contributed by atoms with Crippen LogP contribution in [-0.2, 0) is 14.1 Å². The molecule has 4 nitrogen and oxygen atoms in total. The number of esters is 1. The first-order valence-corrected chi connectivity index (χ1v) is 7.03. The highest BCUT2D eigenvalue weighted by Crippen LogP contribution is 2.42. The van der Waals surface area contributed by atoms with Crippen LogP contribution in [0.1, 0.15) is 20.8 Å². The van der Waals surface area contributed by atoms with E-state index in [0.717, 1.165) is 0 Å². The smallest absolute Gasteiger partial charge is 0.323 e.